The molecule has 1 aromatic heterocycles. The van der Waals surface area contributed by atoms with Crippen LogP contribution in [0.4, 0.5) is 0 Å². The Morgan fingerprint density at radius 2 is 1.83 bits per heavy atom. The highest BCUT2D eigenvalue weighted by atomic mass is 15.3. The maximum atomic E-state index is 5.65. The van der Waals surface area contributed by atoms with Crippen molar-refractivity contribution < 1.29 is 0 Å². The first kappa shape index (κ1) is 10.9. The van der Waals surface area contributed by atoms with E-state index >= 15 is 0 Å². The monoisotopic (exact) mass is 238 g/mol. The standard InChI is InChI=1S/C14H14N4/c15-8-7-10-3-1-2-4-12(10)11-5-6-13-14(9-11)17-18-16-13/h1-6,9H,7-8,15H2,(H,16,17,18). The Balaban J connectivity index is 2.12. The van der Waals surface area contributed by atoms with E-state index in [0.717, 1.165) is 23.0 Å². The predicted octanol–water partition coefficient (Wildman–Crippen LogP) is 2.13. The van der Waals surface area contributed by atoms with Crippen LogP contribution in [0.2, 0.25) is 0 Å². The summed E-state index contributed by atoms with van der Waals surface area (Å²) in [5, 5.41) is 10.8. The van der Waals surface area contributed by atoms with Crippen LogP contribution in [0.5, 0.6) is 0 Å². The molecule has 3 rings (SSSR count). The van der Waals surface area contributed by atoms with E-state index in [0.29, 0.717) is 6.54 Å². The first-order valence-electron chi connectivity index (χ1n) is 5.97. The molecule has 90 valence electrons. The maximum absolute atomic E-state index is 5.65. The van der Waals surface area contributed by atoms with Crippen molar-refractivity contribution >= 4 is 11.0 Å². The van der Waals surface area contributed by atoms with Crippen LogP contribution >= 0.6 is 0 Å². The molecule has 0 radical (unpaired) electrons. The average Bonchev–Trinajstić information content (AvgIpc) is 2.87. The number of aromatic amines is 1. The molecular formula is C14H14N4. The first-order chi connectivity index (χ1) is 8.88. The second-order valence-corrected chi connectivity index (χ2v) is 4.22. The highest BCUT2D eigenvalue weighted by Gasteiger charge is 2.06. The second kappa shape index (κ2) is 4.58. The quantitative estimate of drug-likeness (QED) is 0.734. The summed E-state index contributed by atoms with van der Waals surface area (Å²) in [6.07, 6.45) is 0.882. The molecule has 0 saturated heterocycles. The van der Waals surface area contributed by atoms with Crippen molar-refractivity contribution in [2.24, 2.45) is 5.73 Å². The summed E-state index contributed by atoms with van der Waals surface area (Å²) in [5.74, 6) is 0. The van der Waals surface area contributed by atoms with Crippen molar-refractivity contribution in [1.82, 2.24) is 15.4 Å². The van der Waals surface area contributed by atoms with Gasteiger partial charge in [0.15, 0.2) is 0 Å². The van der Waals surface area contributed by atoms with Crippen LogP contribution in [0, 0.1) is 0 Å². The Morgan fingerprint density at radius 3 is 2.72 bits per heavy atom. The zero-order valence-electron chi connectivity index (χ0n) is 9.93. The second-order valence-electron chi connectivity index (χ2n) is 4.22. The molecule has 3 aromatic rings. The number of H-pyrrole nitrogens is 1. The third-order valence-electron chi connectivity index (χ3n) is 3.06. The van der Waals surface area contributed by atoms with Crippen LogP contribution in [0.25, 0.3) is 22.2 Å². The number of hydrogen-bond acceptors (Lipinski definition) is 3. The molecule has 0 fully saturated rings. The zero-order chi connectivity index (χ0) is 12.4. The Bertz CT molecular complexity index is 672. The van der Waals surface area contributed by atoms with Crippen molar-refractivity contribution in [1.29, 1.82) is 0 Å². The van der Waals surface area contributed by atoms with Gasteiger partial charge in [0.25, 0.3) is 0 Å². The summed E-state index contributed by atoms with van der Waals surface area (Å²) >= 11 is 0. The van der Waals surface area contributed by atoms with Gasteiger partial charge in [-0.3, -0.25) is 0 Å². The number of nitrogens with zero attached hydrogens (tertiary/aromatic N) is 2. The highest BCUT2D eigenvalue weighted by molar-refractivity contribution is 5.81. The molecule has 1 heterocycles. The predicted molar refractivity (Wildman–Crippen MR) is 72.1 cm³/mol. The van der Waals surface area contributed by atoms with Crippen molar-refractivity contribution in [2.75, 3.05) is 6.54 Å². The largest absolute Gasteiger partial charge is 0.330 e. The van der Waals surface area contributed by atoms with E-state index in [4.69, 9.17) is 5.73 Å². The molecule has 2 aromatic carbocycles. The molecule has 3 N–H and O–H groups in total. The molecule has 18 heavy (non-hydrogen) atoms. The zero-order valence-corrected chi connectivity index (χ0v) is 9.93. The lowest BCUT2D eigenvalue weighted by Crippen LogP contribution is -2.03. The summed E-state index contributed by atoms with van der Waals surface area (Å²) in [7, 11) is 0. The van der Waals surface area contributed by atoms with E-state index in [1.165, 1.54) is 11.1 Å². The van der Waals surface area contributed by atoms with E-state index in [1.807, 2.05) is 24.3 Å². The summed E-state index contributed by atoms with van der Waals surface area (Å²) in [5.41, 5.74) is 11.1. The third-order valence-corrected chi connectivity index (χ3v) is 3.06. The number of fused-ring (bicyclic) bond motifs is 1. The van der Waals surface area contributed by atoms with E-state index in [-0.39, 0.29) is 0 Å². The van der Waals surface area contributed by atoms with Gasteiger partial charge >= 0.3 is 0 Å². The molecular weight excluding hydrogens is 224 g/mol. The van der Waals surface area contributed by atoms with Gasteiger partial charge in [-0.25, -0.2) is 0 Å². The molecule has 4 heteroatoms. The van der Waals surface area contributed by atoms with Crippen molar-refractivity contribution in [3.63, 3.8) is 0 Å². The molecule has 0 spiro atoms. The van der Waals surface area contributed by atoms with Crippen molar-refractivity contribution in [3.8, 4) is 11.1 Å². The summed E-state index contributed by atoms with van der Waals surface area (Å²) in [4.78, 5) is 0. The minimum Gasteiger partial charge on any atom is -0.330 e. The van der Waals surface area contributed by atoms with E-state index in [1.54, 1.807) is 0 Å². The molecule has 0 bridgehead atoms. The van der Waals surface area contributed by atoms with E-state index < -0.39 is 0 Å². The topological polar surface area (TPSA) is 67.6 Å². The number of nitrogens with one attached hydrogen (secondary N) is 1. The lowest BCUT2D eigenvalue weighted by atomic mass is 9.97. The number of benzene rings is 2. The van der Waals surface area contributed by atoms with Crippen LogP contribution in [-0.4, -0.2) is 22.0 Å². The molecule has 0 aliphatic rings. The fourth-order valence-corrected chi connectivity index (χ4v) is 2.18. The van der Waals surface area contributed by atoms with Crippen LogP contribution in [0.15, 0.2) is 42.5 Å². The van der Waals surface area contributed by atoms with Crippen LogP contribution in [0.1, 0.15) is 5.56 Å². The van der Waals surface area contributed by atoms with E-state index in [2.05, 4.69) is 33.6 Å². The van der Waals surface area contributed by atoms with Crippen molar-refractivity contribution in [2.45, 2.75) is 6.42 Å². The minimum atomic E-state index is 0.656. The van der Waals surface area contributed by atoms with Gasteiger partial charge in [0.05, 0.1) is 0 Å². The maximum Gasteiger partial charge on any atom is 0.113 e. The minimum absolute atomic E-state index is 0.656. The Labute approximate surface area is 105 Å². The number of aromatic nitrogens is 3. The lowest BCUT2D eigenvalue weighted by molar-refractivity contribution is 0.959. The van der Waals surface area contributed by atoms with Gasteiger partial charge in [-0.05, 0) is 41.8 Å². The van der Waals surface area contributed by atoms with Crippen LogP contribution in [0.3, 0.4) is 0 Å². The Morgan fingerprint density at radius 1 is 1.00 bits per heavy atom. The molecule has 0 aliphatic carbocycles. The molecule has 4 nitrogen and oxygen atoms in total. The van der Waals surface area contributed by atoms with Crippen molar-refractivity contribution in [3.05, 3.63) is 48.0 Å². The SMILES string of the molecule is NCCc1ccccc1-c1ccc2n[nH]nc2c1. The molecule has 0 amide bonds. The van der Waals surface area contributed by atoms with Gasteiger partial charge in [-0.15, -0.1) is 0 Å². The summed E-state index contributed by atoms with van der Waals surface area (Å²) in [6, 6.07) is 14.4. The fourth-order valence-electron chi connectivity index (χ4n) is 2.18. The lowest BCUT2D eigenvalue weighted by Gasteiger charge is -2.08. The summed E-state index contributed by atoms with van der Waals surface area (Å²) < 4.78 is 0. The van der Waals surface area contributed by atoms with Gasteiger partial charge < -0.3 is 5.73 Å². The molecule has 0 saturated carbocycles. The van der Waals surface area contributed by atoms with Gasteiger partial charge in [-0.2, -0.15) is 15.4 Å². The van der Waals surface area contributed by atoms with Crippen LogP contribution in [-0.2, 0) is 6.42 Å². The smallest absolute Gasteiger partial charge is 0.113 e. The highest BCUT2D eigenvalue weighted by Crippen LogP contribution is 2.26. The molecule has 0 unspecified atom stereocenters. The third kappa shape index (κ3) is 1.87. The van der Waals surface area contributed by atoms with Gasteiger partial charge in [0.2, 0.25) is 0 Å². The normalized spacial score (nSPS) is 10.9. The fraction of sp³-hybridized carbons (Fsp3) is 0.143. The first-order valence-corrected chi connectivity index (χ1v) is 5.97. The number of rotatable bonds is 3. The molecule has 0 atom stereocenters. The van der Waals surface area contributed by atoms with Gasteiger partial charge in [-0.1, -0.05) is 30.3 Å². The van der Waals surface area contributed by atoms with Crippen LogP contribution < -0.4 is 5.73 Å². The van der Waals surface area contributed by atoms with Gasteiger partial charge in [0, 0.05) is 0 Å². The summed E-state index contributed by atoms with van der Waals surface area (Å²) in [6.45, 7) is 0.656. The Kier molecular flexibility index (Phi) is 2.78. The van der Waals surface area contributed by atoms with Gasteiger partial charge in [0.1, 0.15) is 11.0 Å². The Hall–Kier alpha value is -2.20. The van der Waals surface area contributed by atoms with E-state index in [9.17, 15) is 0 Å². The average molecular weight is 238 g/mol. The number of nitrogens with two attached hydrogens (primary N) is 1. The molecule has 0 aliphatic heterocycles. The number of hydrogen-bond donors (Lipinski definition) is 2.